The van der Waals surface area contributed by atoms with Gasteiger partial charge >= 0.3 is 11.9 Å². The van der Waals surface area contributed by atoms with Gasteiger partial charge in [-0.15, -0.1) is 0 Å². The van der Waals surface area contributed by atoms with E-state index in [-0.39, 0.29) is 13.0 Å². The molecule has 0 unspecified atom stereocenters. The average Bonchev–Trinajstić information content (AvgIpc) is 2.89. The average molecular weight is 487 g/mol. The molecule has 0 aromatic heterocycles. The molecule has 0 fully saturated rings. The SMILES string of the molecule is CCOc1ccc(N(CCC#N)C(=O)COC(=O)c2ccc(-c3ccc(OC(C)=O)cc3)cc2)cc1. The van der Waals surface area contributed by atoms with Crippen LogP contribution in [-0.2, 0) is 14.3 Å². The zero-order valence-electron chi connectivity index (χ0n) is 20.1. The lowest BCUT2D eigenvalue weighted by atomic mass is 10.0. The Bertz CT molecular complexity index is 1230. The number of benzene rings is 3. The van der Waals surface area contributed by atoms with E-state index in [1.165, 1.54) is 11.8 Å². The minimum atomic E-state index is -0.632. The summed E-state index contributed by atoms with van der Waals surface area (Å²) < 4.78 is 15.7. The van der Waals surface area contributed by atoms with Crippen molar-refractivity contribution in [3.63, 3.8) is 0 Å². The normalized spacial score (nSPS) is 10.1. The highest BCUT2D eigenvalue weighted by Gasteiger charge is 2.18. The van der Waals surface area contributed by atoms with Gasteiger partial charge in [0.2, 0.25) is 0 Å². The zero-order chi connectivity index (χ0) is 25.9. The van der Waals surface area contributed by atoms with E-state index in [1.54, 1.807) is 72.8 Å². The molecule has 8 heteroatoms. The molecule has 0 heterocycles. The van der Waals surface area contributed by atoms with Crippen LogP contribution in [0.5, 0.6) is 11.5 Å². The summed E-state index contributed by atoms with van der Waals surface area (Å²) >= 11 is 0. The van der Waals surface area contributed by atoms with Gasteiger partial charge in [-0.2, -0.15) is 5.26 Å². The third kappa shape index (κ3) is 7.18. The molecule has 3 aromatic rings. The van der Waals surface area contributed by atoms with Crippen LogP contribution in [0.3, 0.4) is 0 Å². The van der Waals surface area contributed by atoms with Crippen molar-refractivity contribution in [2.75, 3.05) is 24.7 Å². The summed E-state index contributed by atoms with van der Waals surface area (Å²) in [5.41, 5.74) is 2.62. The first kappa shape index (κ1) is 26.0. The highest BCUT2D eigenvalue weighted by atomic mass is 16.5. The van der Waals surface area contributed by atoms with Crippen LogP contribution in [0.4, 0.5) is 5.69 Å². The predicted octanol–water partition coefficient (Wildman–Crippen LogP) is 4.78. The van der Waals surface area contributed by atoms with Gasteiger partial charge in [-0.1, -0.05) is 24.3 Å². The van der Waals surface area contributed by atoms with Gasteiger partial charge in [-0.05, 0) is 66.6 Å². The molecule has 0 radical (unpaired) electrons. The maximum atomic E-state index is 12.8. The van der Waals surface area contributed by atoms with Gasteiger partial charge in [-0.25, -0.2) is 4.79 Å². The molecule has 1 amide bonds. The van der Waals surface area contributed by atoms with Gasteiger partial charge in [-0.3, -0.25) is 9.59 Å². The molecule has 0 spiro atoms. The van der Waals surface area contributed by atoms with Crippen LogP contribution in [0.25, 0.3) is 11.1 Å². The van der Waals surface area contributed by atoms with Crippen molar-refractivity contribution in [3.8, 4) is 28.7 Å². The molecule has 0 aliphatic carbocycles. The number of nitrogens with zero attached hydrogens (tertiary/aromatic N) is 2. The number of carbonyl (C=O) groups excluding carboxylic acids is 3. The molecule has 0 aliphatic heterocycles. The highest BCUT2D eigenvalue weighted by molar-refractivity contribution is 5.97. The largest absolute Gasteiger partial charge is 0.494 e. The zero-order valence-corrected chi connectivity index (χ0v) is 20.1. The number of anilines is 1. The van der Waals surface area contributed by atoms with E-state index in [9.17, 15) is 14.4 Å². The fourth-order valence-corrected chi connectivity index (χ4v) is 3.42. The van der Waals surface area contributed by atoms with Crippen LogP contribution in [0.2, 0.25) is 0 Å². The minimum Gasteiger partial charge on any atom is -0.494 e. The standard InChI is InChI=1S/C28H26N2O6/c1-3-34-25-15-11-24(12-16-25)30(18-4-17-29)27(32)19-35-28(33)23-7-5-21(6-8-23)22-9-13-26(14-10-22)36-20(2)31/h5-16H,3-4,18-19H2,1-2H3. The van der Waals surface area contributed by atoms with Crippen LogP contribution < -0.4 is 14.4 Å². The minimum absolute atomic E-state index is 0.135. The first-order valence-electron chi connectivity index (χ1n) is 11.4. The molecule has 0 saturated heterocycles. The Morgan fingerprint density at radius 1 is 0.861 bits per heavy atom. The summed E-state index contributed by atoms with van der Waals surface area (Å²) in [6.45, 7) is 3.45. The highest BCUT2D eigenvalue weighted by Crippen LogP contribution is 2.24. The Balaban J connectivity index is 1.62. The van der Waals surface area contributed by atoms with Crippen molar-refractivity contribution in [3.05, 3.63) is 78.4 Å². The second-order valence-electron chi connectivity index (χ2n) is 7.65. The Morgan fingerprint density at radius 2 is 1.44 bits per heavy atom. The molecule has 184 valence electrons. The van der Waals surface area contributed by atoms with Gasteiger partial charge in [0.25, 0.3) is 5.91 Å². The van der Waals surface area contributed by atoms with E-state index in [2.05, 4.69) is 0 Å². The summed E-state index contributed by atoms with van der Waals surface area (Å²) in [6, 6.07) is 22.7. The van der Waals surface area contributed by atoms with Crippen LogP contribution in [0, 0.1) is 11.3 Å². The lowest BCUT2D eigenvalue weighted by molar-refractivity contribution is -0.131. The summed E-state index contributed by atoms with van der Waals surface area (Å²) in [5.74, 6) is -0.342. The first-order chi connectivity index (χ1) is 17.4. The van der Waals surface area contributed by atoms with Crippen molar-refractivity contribution < 1.29 is 28.6 Å². The van der Waals surface area contributed by atoms with Crippen molar-refractivity contribution >= 4 is 23.5 Å². The molecule has 8 nitrogen and oxygen atoms in total. The third-order valence-electron chi connectivity index (χ3n) is 5.10. The van der Waals surface area contributed by atoms with Gasteiger partial charge in [0.1, 0.15) is 11.5 Å². The van der Waals surface area contributed by atoms with Gasteiger partial charge in [0.05, 0.1) is 24.7 Å². The lowest BCUT2D eigenvalue weighted by Gasteiger charge is -2.22. The maximum absolute atomic E-state index is 12.8. The fraction of sp³-hybridized carbons (Fsp3) is 0.214. The third-order valence-corrected chi connectivity index (χ3v) is 5.10. The van der Waals surface area contributed by atoms with E-state index in [1.807, 2.05) is 13.0 Å². The Hall–Kier alpha value is -4.64. The van der Waals surface area contributed by atoms with Crippen LogP contribution in [0.15, 0.2) is 72.8 Å². The smallest absolute Gasteiger partial charge is 0.338 e. The molecule has 3 rings (SSSR count). The number of amides is 1. The topological polar surface area (TPSA) is 106 Å². The second kappa shape index (κ2) is 12.7. The van der Waals surface area contributed by atoms with E-state index >= 15 is 0 Å². The van der Waals surface area contributed by atoms with Crippen molar-refractivity contribution in [1.82, 2.24) is 0 Å². The fourth-order valence-electron chi connectivity index (χ4n) is 3.42. The molecule has 0 aliphatic rings. The quantitative estimate of drug-likeness (QED) is 0.300. The Morgan fingerprint density at radius 3 is 2.00 bits per heavy atom. The Labute approximate surface area is 209 Å². The monoisotopic (exact) mass is 486 g/mol. The van der Waals surface area contributed by atoms with E-state index in [4.69, 9.17) is 19.5 Å². The van der Waals surface area contributed by atoms with Crippen LogP contribution in [0.1, 0.15) is 30.6 Å². The number of carbonyl (C=O) groups is 3. The van der Waals surface area contributed by atoms with E-state index in [0.717, 1.165) is 11.1 Å². The van der Waals surface area contributed by atoms with Gasteiger partial charge < -0.3 is 19.1 Å². The number of rotatable bonds is 10. The molecular weight excluding hydrogens is 460 g/mol. The van der Waals surface area contributed by atoms with Crippen molar-refractivity contribution in [1.29, 1.82) is 5.26 Å². The van der Waals surface area contributed by atoms with Gasteiger partial charge in [0, 0.05) is 19.2 Å². The summed E-state index contributed by atoms with van der Waals surface area (Å²) in [6.07, 6.45) is 0.135. The van der Waals surface area contributed by atoms with E-state index in [0.29, 0.717) is 29.4 Å². The molecule has 0 saturated carbocycles. The van der Waals surface area contributed by atoms with Crippen molar-refractivity contribution in [2.24, 2.45) is 0 Å². The summed E-state index contributed by atoms with van der Waals surface area (Å²) in [7, 11) is 0. The predicted molar refractivity (Wildman–Crippen MR) is 134 cm³/mol. The van der Waals surface area contributed by atoms with E-state index < -0.39 is 24.5 Å². The Kier molecular flexibility index (Phi) is 9.18. The number of nitriles is 1. The number of esters is 2. The molecule has 0 atom stereocenters. The first-order valence-corrected chi connectivity index (χ1v) is 11.4. The number of hydrogen-bond acceptors (Lipinski definition) is 7. The molecule has 0 N–H and O–H groups in total. The summed E-state index contributed by atoms with van der Waals surface area (Å²) in [5, 5.41) is 8.96. The van der Waals surface area contributed by atoms with Gasteiger partial charge in [0.15, 0.2) is 6.61 Å². The maximum Gasteiger partial charge on any atom is 0.338 e. The number of ether oxygens (including phenoxy) is 3. The van der Waals surface area contributed by atoms with Crippen LogP contribution >= 0.6 is 0 Å². The molecule has 0 bridgehead atoms. The van der Waals surface area contributed by atoms with Crippen LogP contribution in [-0.4, -0.2) is 37.6 Å². The second-order valence-corrected chi connectivity index (χ2v) is 7.65. The molecular formula is C28H26N2O6. The lowest BCUT2D eigenvalue weighted by Crippen LogP contribution is -2.35. The van der Waals surface area contributed by atoms with Crippen molar-refractivity contribution in [2.45, 2.75) is 20.3 Å². The number of hydrogen-bond donors (Lipinski definition) is 0. The molecule has 3 aromatic carbocycles. The molecule has 36 heavy (non-hydrogen) atoms. The summed E-state index contributed by atoms with van der Waals surface area (Å²) in [4.78, 5) is 37.8.